The maximum Gasteiger partial charge on any atom is 0.126 e. The number of hydrogen-bond donors (Lipinski definition) is 1. The number of benzene rings is 1. The standard InChI is InChI=1S/C14H12ClN3S/c1-9-6-7-19-14(9)13-11(16)8-18(17-13)12-5-3-2-4-10(12)15/h2-8H,16H2,1H3. The number of nitrogen functional groups attached to an aromatic ring is 1. The molecule has 0 aliphatic carbocycles. The monoisotopic (exact) mass is 289 g/mol. The molecule has 2 N–H and O–H groups in total. The van der Waals surface area contributed by atoms with E-state index in [0.717, 1.165) is 16.3 Å². The minimum absolute atomic E-state index is 0.652. The lowest BCUT2D eigenvalue weighted by Crippen LogP contribution is -1.95. The normalized spacial score (nSPS) is 10.8. The molecule has 0 aliphatic heterocycles. The molecule has 0 amide bonds. The van der Waals surface area contributed by atoms with E-state index >= 15 is 0 Å². The molecule has 0 saturated heterocycles. The van der Waals surface area contributed by atoms with Gasteiger partial charge in [0, 0.05) is 0 Å². The number of halogens is 1. The summed E-state index contributed by atoms with van der Waals surface area (Å²) in [6.07, 6.45) is 1.80. The number of para-hydroxylation sites is 1. The van der Waals surface area contributed by atoms with Crippen LogP contribution in [0, 0.1) is 6.92 Å². The molecule has 0 saturated carbocycles. The van der Waals surface area contributed by atoms with E-state index in [1.54, 1.807) is 22.2 Å². The van der Waals surface area contributed by atoms with Crippen molar-refractivity contribution in [2.75, 3.05) is 5.73 Å². The van der Waals surface area contributed by atoms with Crippen LogP contribution in [0.25, 0.3) is 16.3 Å². The summed E-state index contributed by atoms with van der Waals surface area (Å²) < 4.78 is 1.73. The van der Waals surface area contributed by atoms with E-state index in [9.17, 15) is 0 Å². The molecular weight excluding hydrogens is 278 g/mol. The second kappa shape index (κ2) is 4.72. The maximum atomic E-state index is 6.18. The van der Waals surface area contributed by atoms with Gasteiger partial charge in [-0.25, -0.2) is 4.68 Å². The van der Waals surface area contributed by atoms with Crippen molar-refractivity contribution < 1.29 is 0 Å². The Hall–Kier alpha value is -1.78. The zero-order valence-corrected chi connectivity index (χ0v) is 11.9. The van der Waals surface area contributed by atoms with Gasteiger partial charge in [-0.1, -0.05) is 23.7 Å². The van der Waals surface area contributed by atoms with Gasteiger partial charge in [0.2, 0.25) is 0 Å². The van der Waals surface area contributed by atoms with Crippen LogP contribution in [0.3, 0.4) is 0 Å². The van der Waals surface area contributed by atoms with Gasteiger partial charge in [0.15, 0.2) is 0 Å². The Bertz CT molecular complexity index is 730. The van der Waals surface area contributed by atoms with Gasteiger partial charge in [0.25, 0.3) is 0 Å². The highest BCUT2D eigenvalue weighted by Gasteiger charge is 2.13. The van der Waals surface area contributed by atoms with Gasteiger partial charge in [0.1, 0.15) is 5.69 Å². The summed E-state index contributed by atoms with van der Waals surface area (Å²) in [5.41, 5.74) is 9.55. The van der Waals surface area contributed by atoms with Gasteiger partial charge in [-0.3, -0.25) is 0 Å². The second-order valence-corrected chi connectivity index (χ2v) is 5.59. The average molecular weight is 290 g/mol. The lowest BCUT2D eigenvalue weighted by molar-refractivity contribution is 0.885. The molecular formula is C14H12ClN3S. The van der Waals surface area contributed by atoms with Crippen molar-refractivity contribution in [3.05, 3.63) is 52.5 Å². The van der Waals surface area contributed by atoms with Crippen LogP contribution < -0.4 is 5.73 Å². The van der Waals surface area contributed by atoms with E-state index in [2.05, 4.69) is 18.1 Å². The zero-order chi connectivity index (χ0) is 13.4. The van der Waals surface area contributed by atoms with Crippen LogP contribution >= 0.6 is 22.9 Å². The van der Waals surface area contributed by atoms with Crippen molar-refractivity contribution in [3.63, 3.8) is 0 Å². The minimum Gasteiger partial charge on any atom is -0.396 e. The smallest absolute Gasteiger partial charge is 0.126 e. The lowest BCUT2D eigenvalue weighted by atomic mass is 10.2. The van der Waals surface area contributed by atoms with Gasteiger partial charge < -0.3 is 5.73 Å². The topological polar surface area (TPSA) is 43.8 Å². The highest BCUT2D eigenvalue weighted by atomic mass is 35.5. The molecule has 0 fully saturated rings. The van der Waals surface area contributed by atoms with Gasteiger partial charge in [-0.05, 0) is 36.1 Å². The maximum absolute atomic E-state index is 6.18. The Labute approximate surface area is 120 Å². The van der Waals surface area contributed by atoms with Crippen LogP contribution in [0.4, 0.5) is 5.69 Å². The Morgan fingerprint density at radius 3 is 2.74 bits per heavy atom. The summed E-state index contributed by atoms with van der Waals surface area (Å²) in [6.45, 7) is 2.06. The van der Waals surface area contributed by atoms with E-state index in [-0.39, 0.29) is 0 Å². The summed E-state index contributed by atoms with van der Waals surface area (Å²) >= 11 is 7.82. The fraction of sp³-hybridized carbons (Fsp3) is 0.0714. The SMILES string of the molecule is Cc1ccsc1-c1nn(-c2ccccc2Cl)cc1N. The van der Waals surface area contributed by atoms with Crippen LogP contribution in [0.5, 0.6) is 0 Å². The third kappa shape index (κ3) is 2.13. The van der Waals surface area contributed by atoms with Crippen molar-refractivity contribution in [3.8, 4) is 16.3 Å². The molecule has 3 aromatic rings. The predicted octanol–water partition coefficient (Wildman–Crippen LogP) is 4.14. The summed E-state index contributed by atoms with van der Waals surface area (Å²) in [4.78, 5) is 1.10. The van der Waals surface area contributed by atoms with Crippen molar-refractivity contribution >= 4 is 28.6 Å². The van der Waals surface area contributed by atoms with Crippen LogP contribution in [-0.2, 0) is 0 Å². The number of thiophene rings is 1. The number of aromatic nitrogens is 2. The Morgan fingerprint density at radius 2 is 2.05 bits per heavy atom. The number of nitrogens with two attached hydrogens (primary N) is 1. The third-order valence-electron chi connectivity index (χ3n) is 2.92. The van der Waals surface area contributed by atoms with Gasteiger partial charge >= 0.3 is 0 Å². The van der Waals surface area contributed by atoms with E-state index in [1.165, 1.54) is 5.56 Å². The predicted molar refractivity (Wildman–Crippen MR) is 81.0 cm³/mol. The molecule has 0 aliphatic rings. The van der Waals surface area contributed by atoms with Gasteiger partial charge in [0.05, 0.1) is 27.5 Å². The molecule has 3 rings (SSSR count). The van der Waals surface area contributed by atoms with Gasteiger partial charge in [-0.15, -0.1) is 11.3 Å². The second-order valence-electron chi connectivity index (χ2n) is 4.26. The molecule has 3 nitrogen and oxygen atoms in total. The van der Waals surface area contributed by atoms with Crippen LogP contribution in [0.2, 0.25) is 5.02 Å². The van der Waals surface area contributed by atoms with Crippen LogP contribution in [0.1, 0.15) is 5.56 Å². The average Bonchev–Trinajstić information content (AvgIpc) is 2.96. The molecule has 96 valence electrons. The van der Waals surface area contributed by atoms with Crippen molar-refractivity contribution in [2.45, 2.75) is 6.92 Å². The molecule has 0 radical (unpaired) electrons. The van der Waals surface area contributed by atoms with Crippen molar-refractivity contribution in [2.24, 2.45) is 0 Å². The summed E-state index contributed by atoms with van der Waals surface area (Å²) in [6, 6.07) is 9.64. The van der Waals surface area contributed by atoms with E-state index in [4.69, 9.17) is 17.3 Å². The number of aryl methyl sites for hydroxylation is 1. The first kappa shape index (κ1) is 12.3. The highest BCUT2D eigenvalue weighted by Crippen LogP contribution is 2.33. The first-order chi connectivity index (χ1) is 9.16. The molecule has 0 atom stereocenters. The minimum atomic E-state index is 0.652. The van der Waals surface area contributed by atoms with Crippen LogP contribution in [0.15, 0.2) is 41.9 Å². The number of nitrogens with zero attached hydrogens (tertiary/aromatic N) is 2. The van der Waals surface area contributed by atoms with E-state index in [1.807, 2.05) is 29.6 Å². The van der Waals surface area contributed by atoms with Crippen molar-refractivity contribution in [1.29, 1.82) is 0 Å². The Balaban J connectivity index is 2.13. The van der Waals surface area contributed by atoms with Crippen molar-refractivity contribution in [1.82, 2.24) is 9.78 Å². The molecule has 19 heavy (non-hydrogen) atoms. The largest absolute Gasteiger partial charge is 0.396 e. The summed E-state index contributed by atoms with van der Waals surface area (Å²) in [5, 5.41) is 7.25. The van der Waals surface area contributed by atoms with E-state index in [0.29, 0.717) is 10.7 Å². The Morgan fingerprint density at radius 1 is 1.26 bits per heavy atom. The molecule has 0 spiro atoms. The Kier molecular flexibility index (Phi) is 3.05. The zero-order valence-electron chi connectivity index (χ0n) is 10.3. The molecule has 0 bridgehead atoms. The highest BCUT2D eigenvalue weighted by molar-refractivity contribution is 7.13. The molecule has 1 aromatic carbocycles. The quantitative estimate of drug-likeness (QED) is 0.770. The van der Waals surface area contributed by atoms with Crippen LogP contribution in [-0.4, -0.2) is 9.78 Å². The first-order valence-electron chi connectivity index (χ1n) is 5.81. The fourth-order valence-electron chi connectivity index (χ4n) is 1.94. The van der Waals surface area contributed by atoms with Gasteiger partial charge in [-0.2, -0.15) is 5.10 Å². The number of hydrogen-bond acceptors (Lipinski definition) is 3. The first-order valence-corrected chi connectivity index (χ1v) is 7.07. The molecule has 2 heterocycles. The third-order valence-corrected chi connectivity index (χ3v) is 4.26. The fourth-order valence-corrected chi connectivity index (χ4v) is 3.09. The van der Waals surface area contributed by atoms with E-state index < -0.39 is 0 Å². The summed E-state index contributed by atoms with van der Waals surface area (Å²) in [7, 11) is 0. The molecule has 2 aromatic heterocycles. The number of rotatable bonds is 2. The molecule has 5 heteroatoms. The number of anilines is 1. The summed E-state index contributed by atoms with van der Waals surface area (Å²) in [5.74, 6) is 0. The lowest BCUT2D eigenvalue weighted by Gasteiger charge is -2.02. The molecule has 0 unspecified atom stereocenters.